The van der Waals surface area contributed by atoms with E-state index in [0.29, 0.717) is 18.6 Å². The third-order valence-corrected chi connectivity index (χ3v) is 7.95. The molecule has 0 bridgehead atoms. The summed E-state index contributed by atoms with van der Waals surface area (Å²) in [5.74, 6) is -1.96. The number of carbonyl (C=O) groups excluding carboxylic acids is 1. The van der Waals surface area contributed by atoms with Crippen LogP contribution in [0.5, 0.6) is 0 Å². The van der Waals surface area contributed by atoms with E-state index in [-0.39, 0.29) is 30.5 Å². The van der Waals surface area contributed by atoms with Crippen LogP contribution < -0.4 is 5.32 Å². The number of nitrogens with zero attached hydrogens (tertiary/aromatic N) is 4. The van der Waals surface area contributed by atoms with Crippen molar-refractivity contribution in [1.29, 1.82) is 0 Å². The highest BCUT2D eigenvalue weighted by atomic mass is 19.2. The number of hydrogen-bond donors (Lipinski definition) is 1. The van der Waals surface area contributed by atoms with Crippen molar-refractivity contribution < 1.29 is 18.3 Å². The molecular formula is C32H35F2N5O2. The van der Waals surface area contributed by atoms with Gasteiger partial charge in [0.05, 0.1) is 29.5 Å². The van der Waals surface area contributed by atoms with E-state index in [0.717, 1.165) is 46.4 Å². The number of nitrogens with one attached hydrogen (secondary N) is 1. The van der Waals surface area contributed by atoms with Crippen LogP contribution in [0.4, 0.5) is 8.78 Å². The summed E-state index contributed by atoms with van der Waals surface area (Å²) in [7, 11) is 3.61. The van der Waals surface area contributed by atoms with E-state index in [2.05, 4.69) is 15.2 Å². The molecule has 1 fully saturated rings. The molecule has 1 N–H and O–H groups in total. The van der Waals surface area contributed by atoms with Crippen molar-refractivity contribution in [2.75, 3.05) is 20.8 Å². The summed E-state index contributed by atoms with van der Waals surface area (Å²) < 4.78 is 35.1. The molecule has 2 aromatic heterocycles. The van der Waals surface area contributed by atoms with E-state index < -0.39 is 11.6 Å². The molecule has 0 saturated carbocycles. The summed E-state index contributed by atoms with van der Waals surface area (Å²) in [4.78, 5) is 20.1. The summed E-state index contributed by atoms with van der Waals surface area (Å²) in [6.07, 6.45) is 3.28. The van der Waals surface area contributed by atoms with E-state index in [1.165, 1.54) is 6.07 Å². The van der Waals surface area contributed by atoms with Gasteiger partial charge >= 0.3 is 0 Å². The topological polar surface area (TPSA) is 72.3 Å². The van der Waals surface area contributed by atoms with Crippen LogP contribution in [0.2, 0.25) is 0 Å². The van der Waals surface area contributed by atoms with Crippen LogP contribution in [0.1, 0.15) is 41.4 Å². The zero-order valence-electron chi connectivity index (χ0n) is 23.8. The highest BCUT2D eigenvalue weighted by Gasteiger charge is 2.40. The Balaban J connectivity index is 1.45. The predicted octanol–water partition coefficient (Wildman–Crippen LogP) is 5.34. The molecule has 9 heteroatoms. The number of para-hydroxylation sites is 1. The van der Waals surface area contributed by atoms with Crippen molar-refractivity contribution in [1.82, 2.24) is 25.0 Å². The van der Waals surface area contributed by atoms with E-state index in [9.17, 15) is 13.6 Å². The van der Waals surface area contributed by atoms with Gasteiger partial charge in [-0.3, -0.25) is 14.7 Å². The number of aromatic nitrogens is 3. The first-order valence-corrected chi connectivity index (χ1v) is 13.8. The minimum atomic E-state index is -0.900. The number of rotatable bonds is 9. The number of halogens is 2. The quantitative estimate of drug-likeness (QED) is 0.300. The molecule has 5 rings (SSSR count). The number of carbonyl (C=O) groups is 1. The molecule has 1 saturated heterocycles. The molecule has 1 aliphatic heterocycles. The molecule has 4 aromatic rings. The van der Waals surface area contributed by atoms with Crippen LogP contribution in [0, 0.1) is 25.5 Å². The number of likely N-dealkylation sites (N-methyl/N-ethyl adjacent to an activating group) is 1. The van der Waals surface area contributed by atoms with Gasteiger partial charge in [-0.2, -0.15) is 5.10 Å². The van der Waals surface area contributed by atoms with Crippen molar-refractivity contribution in [2.45, 2.75) is 51.2 Å². The fourth-order valence-electron chi connectivity index (χ4n) is 5.87. The molecule has 1 amide bonds. The molecule has 7 nitrogen and oxygen atoms in total. The Bertz CT molecular complexity index is 1520. The lowest BCUT2D eigenvalue weighted by atomic mass is 9.98. The van der Waals surface area contributed by atoms with Gasteiger partial charge in [-0.25, -0.2) is 13.5 Å². The van der Waals surface area contributed by atoms with Crippen LogP contribution in [-0.4, -0.2) is 58.4 Å². The molecule has 0 unspecified atom stereocenters. The fourth-order valence-corrected chi connectivity index (χ4v) is 5.87. The van der Waals surface area contributed by atoms with Gasteiger partial charge in [0.2, 0.25) is 5.91 Å². The second kappa shape index (κ2) is 12.3. The second-order valence-corrected chi connectivity index (χ2v) is 10.7. The summed E-state index contributed by atoms with van der Waals surface area (Å²) in [6, 6.07) is 17.1. The fraction of sp³-hybridized carbons (Fsp3) is 0.344. The first-order chi connectivity index (χ1) is 19.8. The SMILES string of the molecule is COCC[C@@H]1C[C@@H](NC(=O)Cc2c(C)c(-c3ccnc(C)c3)nn2-c2ccccc2)[C@H](c2ccc(F)c(F)c2)N1C. The largest absolute Gasteiger partial charge is 0.385 e. The van der Waals surface area contributed by atoms with Gasteiger partial charge in [-0.05, 0) is 81.3 Å². The summed E-state index contributed by atoms with van der Waals surface area (Å²) in [5.41, 5.74) is 5.78. The van der Waals surface area contributed by atoms with Crippen LogP contribution >= 0.6 is 0 Å². The molecule has 0 radical (unpaired) electrons. The Morgan fingerprint density at radius 2 is 1.85 bits per heavy atom. The third kappa shape index (κ3) is 6.06. The number of pyridine rings is 1. The second-order valence-electron chi connectivity index (χ2n) is 10.7. The molecule has 3 heterocycles. The molecule has 214 valence electrons. The standard InChI is InChI=1S/C32H35F2N5O2/c1-20-16-22(12-14-35-20)31-21(2)29(39(37-31)24-8-6-5-7-9-24)19-30(40)36-28-18-25(13-15-41-4)38(3)32(28)23-10-11-26(33)27(34)17-23/h5-12,14,16-17,25,28,32H,13,15,18-19H2,1-4H3,(H,36,40)/t25-,28-,32+/m1/s1. The highest BCUT2D eigenvalue weighted by molar-refractivity contribution is 5.80. The van der Waals surface area contributed by atoms with Crippen molar-refractivity contribution in [3.63, 3.8) is 0 Å². The number of hydrogen-bond acceptors (Lipinski definition) is 5. The van der Waals surface area contributed by atoms with Crippen LogP contribution in [0.3, 0.4) is 0 Å². The monoisotopic (exact) mass is 559 g/mol. The van der Waals surface area contributed by atoms with Crippen LogP contribution in [0.25, 0.3) is 16.9 Å². The lowest BCUT2D eigenvalue weighted by molar-refractivity contribution is -0.121. The van der Waals surface area contributed by atoms with E-state index in [4.69, 9.17) is 9.84 Å². The minimum Gasteiger partial charge on any atom is -0.385 e. The van der Waals surface area contributed by atoms with Crippen molar-refractivity contribution in [3.8, 4) is 16.9 Å². The smallest absolute Gasteiger partial charge is 0.226 e. The Hall–Kier alpha value is -3.95. The van der Waals surface area contributed by atoms with Gasteiger partial charge < -0.3 is 10.1 Å². The lowest BCUT2D eigenvalue weighted by Gasteiger charge is -2.28. The Labute approximate surface area is 239 Å². The Morgan fingerprint density at radius 1 is 1.07 bits per heavy atom. The summed E-state index contributed by atoms with van der Waals surface area (Å²) >= 11 is 0. The first kappa shape index (κ1) is 28.6. The average molecular weight is 560 g/mol. The maximum absolute atomic E-state index is 14.2. The first-order valence-electron chi connectivity index (χ1n) is 13.8. The minimum absolute atomic E-state index is 0.102. The number of methoxy groups -OCH3 is 1. The van der Waals surface area contributed by atoms with E-state index in [1.54, 1.807) is 19.4 Å². The normalized spacial score (nSPS) is 19.0. The van der Waals surface area contributed by atoms with Gasteiger partial charge in [0.15, 0.2) is 11.6 Å². The van der Waals surface area contributed by atoms with E-state index in [1.807, 2.05) is 68.0 Å². The van der Waals surface area contributed by atoms with Gasteiger partial charge in [0.1, 0.15) is 0 Å². The maximum atomic E-state index is 14.2. The van der Waals surface area contributed by atoms with Gasteiger partial charge in [0.25, 0.3) is 0 Å². The third-order valence-electron chi connectivity index (χ3n) is 7.95. The maximum Gasteiger partial charge on any atom is 0.226 e. The Morgan fingerprint density at radius 3 is 2.56 bits per heavy atom. The molecule has 3 atom stereocenters. The van der Waals surface area contributed by atoms with Gasteiger partial charge in [-0.1, -0.05) is 24.3 Å². The number of benzene rings is 2. The number of likely N-dealkylation sites (tertiary alicyclic amines) is 1. The number of amides is 1. The highest BCUT2D eigenvalue weighted by Crippen LogP contribution is 2.37. The average Bonchev–Trinajstić information content (AvgIpc) is 3.45. The lowest BCUT2D eigenvalue weighted by Crippen LogP contribution is -2.40. The molecular weight excluding hydrogens is 524 g/mol. The number of ether oxygens (including phenoxy) is 1. The van der Waals surface area contributed by atoms with Gasteiger partial charge in [0, 0.05) is 43.3 Å². The van der Waals surface area contributed by atoms with Crippen molar-refractivity contribution in [3.05, 3.63) is 101 Å². The molecule has 41 heavy (non-hydrogen) atoms. The zero-order chi connectivity index (χ0) is 29.1. The molecule has 2 aromatic carbocycles. The summed E-state index contributed by atoms with van der Waals surface area (Å²) in [6.45, 7) is 4.48. The van der Waals surface area contributed by atoms with Crippen LogP contribution in [0.15, 0.2) is 66.9 Å². The van der Waals surface area contributed by atoms with Crippen molar-refractivity contribution in [2.24, 2.45) is 0 Å². The molecule has 1 aliphatic rings. The number of aryl methyl sites for hydroxylation is 1. The van der Waals surface area contributed by atoms with Crippen molar-refractivity contribution >= 4 is 5.91 Å². The Kier molecular flexibility index (Phi) is 8.56. The van der Waals surface area contributed by atoms with Gasteiger partial charge in [-0.15, -0.1) is 0 Å². The molecule has 0 aliphatic carbocycles. The predicted molar refractivity (Wildman–Crippen MR) is 154 cm³/mol. The van der Waals surface area contributed by atoms with Crippen LogP contribution in [-0.2, 0) is 16.0 Å². The molecule has 0 spiro atoms. The zero-order valence-corrected chi connectivity index (χ0v) is 23.8. The summed E-state index contributed by atoms with van der Waals surface area (Å²) in [5, 5.41) is 8.15. The van der Waals surface area contributed by atoms with E-state index >= 15 is 0 Å².